The first kappa shape index (κ1) is 25.7. The van der Waals surface area contributed by atoms with Gasteiger partial charge in [-0.15, -0.1) is 0 Å². The van der Waals surface area contributed by atoms with Crippen LogP contribution in [0.15, 0.2) is 91.3 Å². The summed E-state index contributed by atoms with van der Waals surface area (Å²) in [5, 5.41) is 3.71. The van der Waals surface area contributed by atoms with Crippen LogP contribution in [-0.4, -0.2) is 29.3 Å². The standard InChI is InChI=1S/C26H22F3N5O2S2/c1-38(35,36)32-18-10-12-19(13-11-18)34-24(23(31-25(34)37)21-8-2-3-14-30-21)22-9-5-15-33(22)20-7-4-6-17(16-20)26(27,28)29/h2-16,23-24,32H,1H3,(H,31,37)/t23-,24+/m1/s1. The van der Waals surface area contributed by atoms with Gasteiger partial charge >= 0.3 is 6.18 Å². The zero-order chi connectivity index (χ0) is 27.1. The summed E-state index contributed by atoms with van der Waals surface area (Å²) in [5.41, 5.74) is 2.05. The van der Waals surface area contributed by atoms with E-state index in [2.05, 4.69) is 15.0 Å². The van der Waals surface area contributed by atoms with Crippen LogP contribution in [0, 0.1) is 0 Å². The molecule has 3 heterocycles. The molecule has 0 unspecified atom stereocenters. The van der Waals surface area contributed by atoms with Crippen LogP contribution in [0.1, 0.15) is 29.0 Å². The minimum atomic E-state index is -4.48. The molecule has 2 aromatic heterocycles. The fourth-order valence-corrected chi connectivity index (χ4v) is 5.45. The van der Waals surface area contributed by atoms with Gasteiger partial charge in [0.2, 0.25) is 10.0 Å². The maximum absolute atomic E-state index is 13.5. The van der Waals surface area contributed by atoms with Gasteiger partial charge in [0.1, 0.15) is 6.04 Å². The molecule has 0 radical (unpaired) electrons. The SMILES string of the molecule is CS(=O)(=O)Nc1ccc(N2C(=S)N[C@H](c3ccccn3)[C@@H]2c2cccn2-c2cccc(C(F)(F)F)c2)cc1. The third kappa shape index (κ3) is 5.22. The molecule has 0 saturated carbocycles. The summed E-state index contributed by atoms with van der Waals surface area (Å²) < 4.78 is 67.8. The molecule has 2 N–H and O–H groups in total. The summed E-state index contributed by atoms with van der Waals surface area (Å²) in [7, 11) is -3.45. The minimum Gasteiger partial charge on any atom is -0.351 e. The Labute approximate surface area is 223 Å². The lowest BCUT2D eigenvalue weighted by molar-refractivity contribution is -0.137. The van der Waals surface area contributed by atoms with Crippen LogP contribution < -0.4 is 14.9 Å². The number of halogens is 3. The summed E-state index contributed by atoms with van der Waals surface area (Å²) in [6, 6.07) is 20.0. The van der Waals surface area contributed by atoms with Crippen molar-refractivity contribution in [2.75, 3.05) is 15.9 Å². The number of thiocarbonyl (C=S) groups is 1. The number of aromatic nitrogens is 2. The highest BCUT2D eigenvalue weighted by Crippen LogP contribution is 2.42. The largest absolute Gasteiger partial charge is 0.416 e. The van der Waals surface area contributed by atoms with E-state index in [1.165, 1.54) is 6.07 Å². The van der Waals surface area contributed by atoms with Crippen LogP contribution in [0.25, 0.3) is 5.69 Å². The van der Waals surface area contributed by atoms with Crippen LogP contribution in [-0.2, 0) is 16.2 Å². The van der Waals surface area contributed by atoms with Gasteiger partial charge < -0.3 is 14.8 Å². The molecule has 12 heteroatoms. The van der Waals surface area contributed by atoms with Crippen molar-refractivity contribution in [1.82, 2.24) is 14.9 Å². The Morgan fingerprint density at radius 1 is 0.974 bits per heavy atom. The number of rotatable bonds is 6. The number of nitrogens with one attached hydrogen (secondary N) is 2. The summed E-state index contributed by atoms with van der Waals surface area (Å²) in [6.45, 7) is 0. The van der Waals surface area contributed by atoms with Crippen molar-refractivity contribution in [3.05, 3.63) is 108 Å². The van der Waals surface area contributed by atoms with Gasteiger partial charge in [0, 0.05) is 35.1 Å². The lowest BCUT2D eigenvalue weighted by Crippen LogP contribution is -2.30. The van der Waals surface area contributed by atoms with E-state index in [1.54, 1.807) is 59.4 Å². The van der Waals surface area contributed by atoms with E-state index in [0.29, 0.717) is 33.6 Å². The van der Waals surface area contributed by atoms with Gasteiger partial charge in [-0.25, -0.2) is 8.42 Å². The lowest BCUT2D eigenvalue weighted by atomic mass is 10.0. The zero-order valence-electron chi connectivity index (χ0n) is 19.9. The van der Waals surface area contributed by atoms with E-state index in [9.17, 15) is 21.6 Å². The van der Waals surface area contributed by atoms with Crippen molar-refractivity contribution in [1.29, 1.82) is 0 Å². The summed E-state index contributed by atoms with van der Waals surface area (Å²) in [5.74, 6) is 0. The van der Waals surface area contributed by atoms with E-state index in [4.69, 9.17) is 12.2 Å². The Morgan fingerprint density at radius 3 is 2.39 bits per heavy atom. The highest BCUT2D eigenvalue weighted by Gasteiger charge is 2.42. The van der Waals surface area contributed by atoms with E-state index in [1.807, 2.05) is 23.1 Å². The van der Waals surface area contributed by atoms with E-state index in [-0.39, 0.29) is 0 Å². The first-order valence-electron chi connectivity index (χ1n) is 11.4. The molecule has 1 saturated heterocycles. The molecule has 0 bridgehead atoms. The fraction of sp³-hybridized carbons (Fsp3) is 0.154. The second-order valence-electron chi connectivity index (χ2n) is 8.77. The number of sulfonamides is 1. The lowest BCUT2D eigenvalue weighted by Gasteiger charge is -2.29. The molecule has 38 heavy (non-hydrogen) atoms. The monoisotopic (exact) mass is 557 g/mol. The molecular weight excluding hydrogens is 535 g/mol. The number of alkyl halides is 3. The molecule has 7 nitrogen and oxygen atoms in total. The summed E-state index contributed by atoms with van der Waals surface area (Å²) in [4.78, 5) is 6.36. The highest BCUT2D eigenvalue weighted by molar-refractivity contribution is 7.92. The molecule has 1 fully saturated rings. The van der Waals surface area contributed by atoms with Gasteiger partial charge in [-0.1, -0.05) is 12.1 Å². The van der Waals surface area contributed by atoms with Crippen LogP contribution in [0.2, 0.25) is 0 Å². The van der Waals surface area contributed by atoms with Gasteiger partial charge in [-0.2, -0.15) is 13.2 Å². The molecule has 4 aromatic rings. The van der Waals surface area contributed by atoms with Crippen molar-refractivity contribution < 1.29 is 21.6 Å². The number of pyridine rings is 1. The van der Waals surface area contributed by atoms with Crippen molar-refractivity contribution in [2.24, 2.45) is 0 Å². The molecule has 1 aliphatic rings. The highest BCUT2D eigenvalue weighted by atomic mass is 32.2. The zero-order valence-corrected chi connectivity index (χ0v) is 21.6. The van der Waals surface area contributed by atoms with Gasteiger partial charge in [-0.05, 0) is 78.9 Å². The quantitative estimate of drug-likeness (QED) is 0.308. The van der Waals surface area contributed by atoms with E-state index in [0.717, 1.165) is 18.4 Å². The first-order chi connectivity index (χ1) is 18.0. The number of nitrogens with zero attached hydrogens (tertiary/aromatic N) is 3. The Balaban J connectivity index is 1.61. The summed E-state index contributed by atoms with van der Waals surface area (Å²) in [6.07, 6.45) is -0.0454. The maximum Gasteiger partial charge on any atom is 0.416 e. The molecule has 0 aliphatic carbocycles. The Kier molecular flexibility index (Phi) is 6.61. The molecular formula is C26H22F3N5O2S2. The first-order valence-corrected chi connectivity index (χ1v) is 13.7. The van der Waals surface area contributed by atoms with Crippen LogP contribution in [0.3, 0.4) is 0 Å². The van der Waals surface area contributed by atoms with Gasteiger partial charge in [0.05, 0.1) is 23.6 Å². The van der Waals surface area contributed by atoms with Gasteiger partial charge in [-0.3, -0.25) is 9.71 Å². The second-order valence-corrected chi connectivity index (χ2v) is 10.9. The molecule has 0 amide bonds. The smallest absolute Gasteiger partial charge is 0.351 e. The third-order valence-electron chi connectivity index (χ3n) is 6.08. The Morgan fingerprint density at radius 2 is 1.74 bits per heavy atom. The number of hydrogen-bond acceptors (Lipinski definition) is 4. The maximum atomic E-state index is 13.5. The van der Waals surface area contributed by atoms with E-state index < -0.39 is 33.8 Å². The van der Waals surface area contributed by atoms with Crippen molar-refractivity contribution in [3.63, 3.8) is 0 Å². The normalized spacial score (nSPS) is 17.9. The Hall–Kier alpha value is -3.90. The van der Waals surface area contributed by atoms with E-state index >= 15 is 0 Å². The van der Waals surface area contributed by atoms with Gasteiger partial charge in [0.25, 0.3) is 0 Å². The molecule has 2 aromatic carbocycles. The van der Waals surface area contributed by atoms with Crippen molar-refractivity contribution in [2.45, 2.75) is 18.3 Å². The predicted octanol–water partition coefficient (Wildman–Crippen LogP) is 5.44. The van der Waals surface area contributed by atoms with Crippen LogP contribution in [0.4, 0.5) is 24.5 Å². The third-order valence-corrected chi connectivity index (χ3v) is 7.00. The summed E-state index contributed by atoms with van der Waals surface area (Å²) >= 11 is 5.72. The topological polar surface area (TPSA) is 79.3 Å². The fourth-order valence-electron chi connectivity index (χ4n) is 4.54. The van der Waals surface area contributed by atoms with Crippen molar-refractivity contribution >= 4 is 38.7 Å². The number of benzene rings is 2. The predicted molar refractivity (Wildman–Crippen MR) is 144 cm³/mol. The second kappa shape index (κ2) is 9.76. The minimum absolute atomic E-state index is 0.352. The molecule has 2 atom stereocenters. The van der Waals surface area contributed by atoms with Gasteiger partial charge in [0.15, 0.2) is 5.11 Å². The van der Waals surface area contributed by atoms with Crippen LogP contribution >= 0.6 is 12.2 Å². The molecule has 0 spiro atoms. The molecule has 1 aliphatic heterocycles. The molecule has 196 valence electrons. The van der Waals surface area contributed by atoms with Crippen molar-refractivity contribution in [3.8, 4) is 5.69 Å². The average Bonchev–Trinajstić information content (AvgIpc) is 3.48. The number of anilines is 2. The molecule has 5 rings (SSSR count). The average molecular weight is 558 g/mol. The Bertz CT molecular complexity index is 1570. The van der Waals surface area contributed by atoms with Crippen LogP contribution in [0.5, 0.6) is 0 Å². The number of hydrogen-bond donors (Lipinski definition) is 2.